The van der Waals surface area contributed by atoms with Crippen molar-refractivity contribution >= 4 is 5.91 Å². The number of aromatic amines is 1. The standard InChI is InChI=1S/C28H27N3O2/c1-3-33-23-11-7-10-22(18-23)27-24-25(21-14-12-19(2)13-15-21)29-30-26(24)28(32)31(27)17-16-20-8-5-4-6-9-20/h4-15,18,27H,3,16-17H2,1-2H3,(H,29,30). The fourth-order valence-corrected chi connectivity index (χ4v) is 4.54. The highest BCUT2D eigenvalue weighted by Crippen LogP contribution is 2.43. The molecule has 0 saturated heterocycles. The van der Waals surface area contributed by atoms with E-state index < -0.39 is 0 Å². The molecule has 1 unspecified atom stereocenters. The molecule has 0 fully saturated rings. The van der Waals surface area contributed by atoms with Crippen LogP contribution in [-0.4, -0.2) is 34.2 Å². The highest BCUT2D eigenvalue weighted by molar-refractivity contribution is 6.00. The molecule has 1 N–H and O–H groups in total. The summed E-state index contributed by atoms with van der Waals surface area (Å²) in [6, 6.07) is 26.4. The van der Waals surface area contributed by atoms with Gasteiger partial charge in [0.05, 0.1) is 18.3 Å². The summed E-state index contributed by atoms with van der Waals surface area (Å²) in [5, 5.41) is 7.62. The first kappa shape index (κ1) is 21.0. The fraction of sp³-hybridized carbons (Fsp3) is 0.214. The van der Waals surface area contributed by atoms with E-state index in [1.165, 1.54) is 11.1 Å². The maximum absolute atomic E-state index is 13.5. The van der Waals surface area contributed by atoms with Crippen LogP contribution in [0.5, 0.6) is 5.75 Å². The largest absolute Gasteiger partial charge is 0.494 e. The van der Waals surface area contributed by atoms with Crippen LogP contribution in [0.25, 0.3) is 11.3 Å². The molecule has 5 heteroatoms. The van der Waals surface area contributed by atoms with Gasteiger partial charge in [-0.05, 0) is 43.5 Å². The fourth-order valence-electron chi connectivity index (χ4n) is 4.54. The van der Waals surface area contributed by atoms with E-state index in [1.54, 1.807) is 0 Å². The number of hydrogen-bond acceptors (Lipinski definition) is 3. The van der Waals surface area contributed by atoms with Gasteiger partial charge >= 0.3 is 0 Å². The van der Waals surface area contributed by atoms with Gasteiger partial charge in [-0.1, -0.05) is 72.3 Å². The molecule has 4 aromatic rings. The van der Waals surface area contributed by atoms with Crippen molar-refractivity contribution in [3.63, 3.8) is 0 Å². The number of hydrogen-bond donors (Lipinski definition) is 1. The van der Waals surface area contributed by atoms with Gasteiger partial charge in [-0.25, -0.2) is 0 Å². The van der Waals surface area contributed by atoms with Crippen LogP contribution >= 0.6 is 0 Å². The van der Waals surface area contributed by atoms with Gasteiger partial charge < -0.3 is 9.64 Å². The third-order valence-electron chi connectivity index (χ3n) is 6.16. The number of fused-ring (bicyclic) bond motifs is 1. The van der Waals surface area contributed by atoms with Crippen LogP contribution in [0.3, 0.4) is 0 Å². The van der Waals surface area contributed by atoms with Crippen molar-refractivity contribution in [2.75, 3.05) is 13.2 Å². The molecular weight excluding hydrogens is 410 g/mol. The molecule has 1 atom stereocenters. The minimum atomic E-state index is -0.230. The Labute approximate surface area is 194 Å². The molecule has 0 bridgehead atoms. The number of ether oxygens (including phenoxy) is 1. The first-order valence-electron chi connectivity index (χ1n) is 11.4. The van der Waals surface area contributed by atoms with Crippen molar-refractivity contribution in [2.24, 2.45) is 0 Å². The number of carbonyl (C=O) groups excluding carboxylic acids is 1. The van der Waals surface area contributed by atoms with Crippen molar-refractivity contribution in [3.8, 4) is 17.0 Å². The lowest BCUT2D eigenvalue weighted by atomic mass is 9.95. The Balaban J connectivity index is 1.58. The number of aryl methyl sites for hydroxylation is 1. The first-order valence-corrected chi connectivity index (χ1v) is 11.4. The van der Waals surface area contributed by atoms with Crippen LogP contribution in [0, 0.1) is 6.92 Å². The zero-order chi connectivity index (χ0) is 22.8. The minimum absolute atomic E-state index is 0.0152. The summed E-state index contributed by atoms with van der Waals surface area (Å²) in [6.07, 6.45) is 0.784. The van der Waals surface area contributed by atoms with Crippen molar-refractivity contribution in [2.45, 2.75) is 26.3 Å². The molecule has 0 aliphatic carbocycles. The Morgan fingerprint density at radius 2 is 1.79 bits per heavy atom. The lowest BCUT2D eigenvalue weighted by molar-refractivity contribution is 0.0745. The summed E-state index contributed by atoms with van der Waals surface area (Å²) in [5.41, 5.74) is 6.76. The summed E-state index contributed by atoms with van der Waals surface area (Å²) in [7, 11) is 0. The molecule has 0 radical (unpaired) electrons. The quantitative estimate of drug-likeness (QED) is 0.411. The van der Waals surface area contributed by atoms with Crippen LogP contribution in [0.2, 0.25) is 0 Å². The number of benzene rings is 3. The Bertz CT molecular complexity index is 1260. The maximum Gasteiger partial charge on any atom is 0.273 e. The van der Waals surface area contributed by atoms with Crippen LogP contribution in [0.4, 0.5) is 0 Å². The molecule has 0 saturated carbocycles. The first-order chi connectivity index (χ1) is 16.2. The van der Waals surface area contributed by atoms with Crippen LogP contribution < -0.4 is 4.74 Å². The van der Waals surface area contributed by atoms with E-state index >= 15 is 0 Å². The number of H-pyrrole nitrogens is 1. The van der Waals surface area contributed by atoms with Crippen molar-refractivity contribution in [3.05, 3.63) is 107 Å². The molecule has 1 aliphatic rings. The predicted octanol–water partition coefficient (Wildman–Crippen LogP) is 5.57. The molecule has 3 aromatic carbocycles. The van der Waals surface area contributed by atoms with Gasteiger partial charge in [0.1, 0.15) is 11.4 Å². The Hall–Kier alpha value is -3.86. The molecule has 1 aromatic heterocycles. The lowest BCUT2D eigenvalue weighted by Crippen LogP contribution is -2.31. The summed E-state index contributed by atoms with van der Waals surface area (Å²) in [6.45, 7) is 5.25. The van der Waals surface area contributed by atoms with Gasteiger partial charge in [-0.15, -0.1) is 0 Å². The van der Waals surface area contributed by atoms with Gasteiger partial charge in [-0.2, -0.15) is 5.10 Å². The van der Waals surface area contributed by atoms with Gasteiger partial charge in [0.25, 0.3) is 5.91 Å². The van der Waals surface area contributed by atoms with E-state index in [0.29, 0.717) is 18.8 Å². The van der Waals surface area contributed by atoms with Crippen LogP contribution in [-0.2, 0) is 6.42 Å². The summed E-state index contributed by atoms with van der Waals surface area (Å²) in [5.74, 6) is 0.790. The second-order valence-corrected chi connectivity index (χ2v) is 8.37. The third-order valence-corrected chi connectivity index (χ3v) is 6.16. The van der Waals surface area contributed by atoms with Crippen molar-refractivity contribution in [1.29, 1.82) is 0 Å². The van der Waals surface area contributed by atoms with Gasteiger partial charge in [-0.3, -0.25) is 9.89 Å². The normalized spacial score (nSPS) is 15.0. The average Bonchev–Trinajstić information content (AvgIpc) is 3.38. The second-order valence-electron chi connectivity index (χ2n) is 8.37. The number of amides is 1. The lowest BCUT2D eigenvalue weighted by Gasteiger charge is -2.27. The van der Waals surface area contributed by atoms with E-state index in [-0.39, 0.29) is 11.9 Å². The number of aromatic nitrogens is 2. The molecule has 166 valence electrons. The van der Waals surface area contributed by atoms with Crippen molar-refractivity contribution in [1.82, 2.24) is 15.1 Å². The number of carbonyl (C=O) groups is 1. The summed E-state index contributed by atoms with van der Waals surface area (Å²) in [4.78, 5) is 15.5. The SMILES string of the molecule is CCOc1cccc(C2c3c(-c4ccc(C)cc4)n[nH]c3C(=O)N2CCc2ccccc2)c1. The van der Waals surface area contributed by atoms with Crippen LogP contribution in [0.1, 0.15) is 45.7 Å². The Morgan fingerprint density at radius 1 is 1.00 bits per heavy atom. The molecule has 1 amide bonds. The Morgan fingerprint density at radius 3 is 2.55 bits per heavy atom. The van der Waals surface area contributed by atoms with E-state index in [4.69, 9.17) is 4.74 Å². The third kappa shape index (κ3) is 4.02. The van der Waals surface area contributed by atoms with Gasteiger partial charge in [0, 0.05) is 17.7 Å². The summed E-state index contributed by atoms with van der Waals surface area (Å²) < 4.78 is 5.77. The number of nitrogens with zero attached hydrogens (tertiary/aromatic N) is 2. The minimum Gasteiger partial charge on any atom is -0.494 e. The molecule has 5 rings (SSSR count). The van der Waals surface area contributed by atoms with E-state index in [9.17, 15) is 4.79 Å². The average molecular weight is 438 g/mol. The van der Waals surface area contributed by atoms with E-state index in [2.05, 4.69) is 59.6 Å². The summed E-state index contributed by atoms with van der Waals surface area (Å²) >= 11 is 0. The van der Waals surface area contributed by atoms with E-state index in [0.717, 1.165) is 34.6 Å². The topological polar surface area (TPSA) is 58.2 Å². The van der Waals surface area contributed by atoms with E-state index in [1.807, 2.05) is 48.2 Å². The molecule has 5 nitrogen and oxygen atoms in total. The smallest absolute Gasteiger partial charge is 0.273 e. The monoisotopic (exact) mass is 437 g/mol. The maximum atomic E-state index is 13.5. The second kappa shape index (κ2) is 8.94. The van der Waals surface area contributed by atoms with Gasteiger partial charge in [0.15, 0.2) is 0 Å². The Kier molecular flexibility index (Phi) is 5.69. The highest BCUT2D eigenvalue weighted by atomic mass is 16.5. The molecular formula is C28H27N3O2. The van der Waals surface area contributed by atoms with Gasteiger partial charge in [0.2, 0.25) is 0 Å². The molecule has 2 heterocycles. The molecule has 1 aliphatic heterocycles. The molecule has 33 heavy (non-hydrogen) atoms. The zero-order valence-electron chi connectivity index (χ0n) is 18.9. The predicted molar refractivity (Wildman–Crippen MR) is 129 cm³/mol. The number of rotatable bonds is 7. The zero-order valence-corrected chi connectivity index (χ0v) is 18.9. The van der Waals surface area contributed by atoms with Crippen molar-refractivity contribution < 1.29 is 9.53 Å². The molecule has 0 spiro atoms. The van der Waals surface area contributed by atoms with Crippen LogP contribution in [0.15, 0.2) is 78.9 Å². The highest BCUT2D eigenvalue weighted by Gasteiger charge is 2.42. The number of nitrogens with one attached hydrogen (secondary N) is 1.